The van der Waals surface area contributed by atoms with Gasteiger partial charge in [0.05, 0.1) is 11.0 Å². The molecule has 0 N–H and O–H groups in total. The molecule has 3 heterocycles. The topological polar surface area (TPSA) is 96.3 Å². The maximum absolute atomic E-state index is 12.9. The lowest BCUT2D eigenvalue weighted by molar-refractivity contribution is -0.143. The van der Waals surface area contributed by atoms with Crippen LogP contribution in [0.1, 0.15) is 27.5 Å². The second-order valence-electron chi connectivity index (χ2n) is 8.45. The second-order valence-corrected chi connectivity index (χ2v) is 8.45. The standard InChI is InChI=1S/C27H23N3O5/c1-16-12-21(18(3)30(16)25-13-17(2)35-28-25)24(31)15-34-26(32)14-29-22-10-6-4-8-19(22)27(33)20-9-5-7-11-23(20)29/h4-13H,14-15H2,1-3H3. The normalized spacial score (nSPS) is 11.3. The summed E-state index contributed by atoms with van der Waals surface area (Å²) in [7, 11) is 0. The number of aryl methyl sites for hydroxylation is 2. The van der Waals surface area contributed by atoms with Gasteiger partial charge in [0.1, 0.15) is 12.3 Å². The van der Waals surface area contributed by atoms with Crippen LogP contribution >= 0.6 is 0 Å². The Morgan fingerprint density at radius 1 is 0.943 bits per heavy atom. The zero-order valence-electron chi connectivity index (χ0n) is 19.6. The van der Waals surface area contributed by atoms with Crippen LogP contribution in [0.25, 0.3) is 27.6 Å². The summed E-state index contributed by atoms with van der Waals surface area (Å²) >= 11 is 0. The van der Waals surface area contributed by atoms with Crippen LogP contribution in [0.3, 0.4) is 0 Å². The zero-order valence-corrected chi connectivity index (χ0v) is 19.6. The molecular formula is C27H23N3O5. The van der Waals surface area contributed by atoms with Crippen LogP contribution in [0.2, 0.25) is 0 Å². The third-order valence-corrected chi connectivity index (χ3v) is 6.11. The highest BCUT2D eigenvalue weighted by Gasteiger charge is 2.20. The number of pyridine rings is 1. The highest BCUT2D eigenvalue weighted by Crippen LogP contribution is 2.22. The van der Waals surface area contributed by atoms with Crippen LogP contribution in [0.4, 0.5) is 0 Å². The van der Waals surface area contributed by atoms with Crippen molar-refractivity contribution in [2.45, 2.75) is 27.3 Å². The van der Waals surface area contributed by atoms with Gasteiger partial charge in [-0.3, -0.25) is 19.0 Å². The first-order valence-corrected chi connectivity index (χ1v) is 11.2. The van der Waals surface area contributed by atoms with Gasteiger partial charge in [0.2, 0.25) is 5.78 Å². The quantitative estimate of drug-likeness (QED) is 0.209. The van der Waals surface area contributed by atoms with Gasteiger partial charge in [-0.1, -0.05) is 29.4 Å². The van der Waals surface area contributed by atoms with Crippen molar-refractivity contribution < 1.29 is 18.8 Å². The number of hydrogen-bond acceptors (Lipinski definition) is 6. The molecule has 0 bridgehead atoms. The van der Waals surface area contributed by atoms with Gasteiger partial charge in [-0.25, -0.2) is 0 Å². The van der Waals surface area contributed by atoms with Gasteiger partial charge in [-0.15, -0.1) is 0 Å². The summed E-state index contributed by atoms with van der Waals surface area (Å²) < 4.78 is 14.1. The van der Waals surface area contributed by atoms with E-state index in [2.05, 4.69) is 5.16 Å². The first-order chi connectivity index (χ1) is 16.8. The number of carbonyl (C=O) groups excluding carboxylic acids is 2. The fraction of sp³-hybridized carbons (Fsp3) is 0.185. The molecule has 0 unspecified atom stereocenters. The lowest BCUT2D eigenvalue weighted by Crippen LogP contribution is -2.21. The summed E-state index contributed by atoms with van der Waals surface area (Å²) in [5, 5.41) is 5.06. The molecule has 5 rings (SSSR count). The Hall–Kier alpha value is -4.46. The van der Waals surface area contributed by atoms with E-state index in [4.69, 9.17) is 9.26 Å². The number of ketones is 1. The van der Waals surface area contributed by atoms with E-state index in [1.54, 1.807) is 60.0 Å². The van der Waals surface area contributed by atoms with E-state index in [1.807, 2.05) is 30.5 Å². The van der Waals surface area contributed by atoms with Crippen molar-refractivity contribution in [1.29, 1.82) is 0 Å². The number of ether oxygens (including phenoxy) is 1. The molecule has 2 aromatic carbocycles. The smallest absolute Gasteiger partial charge is 0.326 e. The number of fused-ring (bicyclic) bond motifs is 2. The fourth-order valence-electron chi connectivity index (χ4n) is 4.50. The highest BCUT2D eigenvalue weighted by molar-refractivity contribution is 5.99. The largest absolute Gasteiger partial charge is 0.456 e. The van der Waals surface area contributed by atoms with E-state index in [9.17, 15) is 14.4 Å². The van der Waals surface area contributed by atoms with Crippen LogP contribution in [0.15, 0.2) is 70.0 Å². The number of hydrogen-bond donors (Lipinski definition) is 0. The number of rotatable bonds is 6. The molecule has 8 heteroatoms. The Morgan fingerprint density at radius 2 is 1.57 bits per heavy atom. The molecule has 0 radical (unpaired) electrons. The number of Topliss-reactive ketones (excluding diaryl/α,β-unsaturated/α-hetero) is 1. The molecule has 176 valence electrons. The Labute approximate surface area is 200 Å². The van der Waals surface area contributed by atoms with E-state index in [0.717, 1.165) is 5.69 Å². The average molecular weight is 469 g/mol. The molecule has 3 aromatic heterocycles. The number of aromatic nitrogens is 3. The number of benzene rings is 2. The lowest BCUT2D eigenvalue weighted by Gasteiger charge is -2.14. The van der Waals surface area contributed by atoms with Gasteiger partial charge in [0.15, 0.2) is 17.9 Å². The molecule has 35 heavy (non-hydrogen) atoms. The van der Waals surface area contributed by atoms with Crippen molar-refractivity contribution in [3.05, 3.63) is 93.6 Å². The number of esters is 1. The summed E-state index contributed by atoms with van der Waals surface area (Å²) in [6, 6.07) is 17.8. The SMILES string of the molecule is Cc1cc(-n2c(C)cc(C(=O)COC(=O)Cn3c4ccccc4c(=O)c4ccccc43)c2C)no1. The Kier molecular flexibility index (Phi) is 5.56. The molecule has 0 saturated carbocycles. The summed E-state index contributed by atoms with van der Waals surface area (Å²) in [5.41, 5.74) is 3.13. The van der Waals surface area contributed by atoms with Crippen molar-refractivity contribution in [3.63, 3.8) is 0 Å². The Morgan fingerprint density at radius 3 is 2.17 bits per heavy atom. The summed E-state index contributed by atoms with van der Waals surface area (Å²) in [4.78, 5) is 38.6. The molecule has 0 amide bonds. The van der Waals surface area contributed by atoms with Crippen LogP contribution in [-0.2, 0) is 16.1 Å². The third-order valence-electron chi connectivity index (χ3n) is 6.11. The highest BCUT2D eigenvalue weighted by atomic mass is 16.5. The predicted molar refractivity (Wildman–Crippen MR) is 131 cm³/mol. The van der Waals surface area contributed by atoms with Gasteiger partial charge in [0, 0.05) is 33.8 Å². The molecule has 0 atom stereocenters. The molecule has 0 aliphatic heterocycles. The van der Waals surface area contributed by atoms with E-state index >= 15 is 0 Å². The Bertz CT molecular complexity index is 1610. The number of carbonyl (C=O) groups is 2. The minimum absolute atomic E-state index is 0.0892. The van der Waals surface area contributed by atoms with Gasteiger partial charge < -0.3 is 13.8 Å². The molecule has 0 spiro atoms. The molecule has 0 saturated heterocycles. The first-order valence-electron chi connectivity index (χ1n) is 11.2. The average Bonchev–Trinajstić information content (AvgIpc) is 3.41. The molecule has 5 aromatic rings. The van der Waals surface area contributed by atoms with Crippen molar-refractivity contribution >= 4 is 33.6 Å². The minimum atomic E-state index is -0.571. The van der Waals surface area contributed by atoms with Crippen LogP contribution in [0.5, 0.6) is 0 Å². The zero-order chi connectivity index (χ0) is 24.7. The fourth-order valence-corrected chi connectivity index (χ4v) is 4.50. The van der Waals surface area contributed by atoms with Crippen molar-refractivity contribution in [1.82, 2.24) is 14.3 Å². The Balaban J connectivity index is 1.38. The lowest BCUT2D eigenvalue weighted by atomic mass is 10.1. The maximum Gasteiger partial charge on any atom is 0.326 e. The van der Waals surface area contributed by atoms with Crippen molar-refractivity contribution in [3.8, 4) is 5.82 Å². The van der Waals surface area contributed by atoms with Crippen molar-refractivity contribution in [2.24, 2.45) is 0 Å². The summed E-state index contributed by atoms with van der Waals surface area (Å²) in [5.74, 6) is 0.369. The van der Waals surface area contributed by atoms with Crippen molar-refractivity contribution in [2.75, 3.05) is 6.61 Å². The number of para-hydroxylation sites is 2. The predicted octanol–water partition coefficient (Wildman–Crippen LogP) is 4.28. The van der Waals surface area contributed by atoms with Gasteiger partial charge in [0.25, 0.3) is 0 Å². The molecular weight excluding hydrogens is 446 g/mol. The molecule has 8 nitrogen and oxygen atoms in total. The van der Waals surface area contributed by atoms with E-state index in [1.165, 1.54) is 0 Å². The third kappa shape index (κ3) is 3.93. The first kappa shape index (κ1) is 22.3. The van der Waals surface area contributed by atoms with E-state index < -0.39 is 12.6 Å². The maximum atomic E-state index is 12.9. The van der Waals surface area contributed by atoms with Crippen LogP contribution in [-0.4, -0.2) is 32.7 Å². The van der Waals surface area contributed by atoms with E-state index in [-0.39, 0.29) is 17.8 Å². The molecule has 0 aliphatic rings. The van der Waals surface area contributed by atoms with Gasteiger partial charge in [-0.2, -0.15) is 0 Å². The monoisotopic (exact) mass is 469 g/mol. The summed E-state index contributed by atoms with van der Waals surface area (Å²) in [6.07, 6.45) is 0. The van der Waals surface area contributed by atoms with Gasteiger partial charge >= 0.3 is 5.97 Å². The number of nitrogens with zero attached hydrogens (tertiary/aromatic N) is 3. The summed E-state index contributed by atoms with van der Waals surface area (Å²) in [6.45, 7) is 4.95. The second kappa shape index (κ2) is 8.72. The molecule has 0 aliphatic carbocycles. The molecule has 0 fully saturated rings. The van der Waals surface area contributed by atoms with Crippen LogP contribution < -0.4 is 5.43 Å². The minimum Gasteiger partial charge on any atom is -0.456 e. The van der Waals surface area contributed by atoms with Crippen LogP contribution in [0, 0.1) is 20.8 Å². The van der Waals surface area contributed by atoms with Gasteiger partial charge in [-0.05, 0) is 51.1 Å². The van der Waals surface area contributed by atoms with E-state index in [0.29, 0.717) is 44.6 Å².